The summed E-state index contributed by atoms with van der Waals surface area (Å²) in [4.78, 5) is 58.7. The van der Waals surface area contributed by atoms with E-state index >= 15 is 0 Å². The summed E-state index contributed by atoms with van der Waals surface area (Å²) in [5.41, 5.74) is 2.07. The van der Waals surface area contributed by atoms with E-state index in [4.69, 9.17) is 9.47 Å². The molecule has 5 rings (SSSR count). The number of hydrogen-bond donors (Lipinski definition) is 2. The molecule has 3 aliphatic heterocycles. The fourth-order valence-corrected chi connectivity index (χ4v) is 7.42. The van der Waals surface area contributed by atoms with Crippen LogP contribution in [0.4, 0.5) is 5.69 Å². The molecule has 1 spiro atoms. The smallest absolute Gasteiger partial charge is 0.313 e. The molecule has 6 atom stereocenters. The van der Waals surface area contributed by atoms with Gasteiger partial charge in [-0.05, 0) is 62.3 Å². The lowest BCUT2D eigenvalue weighted by Crippen LogP contribution is -2.56. The van der Waals surface area contributed by atoms with Gasteiger partial charge in [0.1, 0.15) is 17.7 Å². The van der Waals surface area contributed by atoms with Crippen LogP contribution in [-0.2, 0) is 28.7 Å². The lowest BCUT2D eigenvalue weighted by molar-refractivity contribution is -0.160. The van der Waals surface area contributed by atoms with Crippen LogP contribution in [0.15, 0.2) is 73.8 Å². The second-order valence-corrected chi connectivity index (χ2v) is 12.7. The van der Waals surface area contributed by atoms with E-state index in [1.54, 1.807) is 17.1 Å². The first-order chi connectivity index (χ1) is 22.7. The number of allylic oxidation sites excluding steroid dienone is 1. The van der Waals surface area contributed by atoms with E-state index in [0.717, 1.165) is 11.1 Å². The minimum absolute atomic E-state index is 0.0593. The molecule has 10 heteroatoms. The predicted octanol–water partition coefficient (Wildman–Crippen LogP) is 3.95. The molecular weight excluding hydrogens is 598 g/mol. The van der Waals surface area contributed by atoms with Crippen molar-refractivity contribution in [2.75, 3.05) is 31.1 Å². The second-order valence-electron chi connectivity index (χ2n) is 12.7. The van der Waals surface area contributed by atoms with E-state index in [2.05, 4.69) is 18.5 Å². The average molecular weight is 644 g/mol. The fraction of sp³-hybridized carbons (Fsp3) is 0.459. The second kappa shape index (κ2) is 14.6. The Bertz CT molecular complexity index is 1510. The zero-order valence-corrected chi connectivity index (χ0v) is 27.2. The van der Waals surface area contributed by atoms with Crippen LogP contribution < -0.4 is 10.2 Å². The van der Waals surface area contributed by atoms with Crippen LogP contribution in [0.5, 0.6) is 0 Å². The van der Waals surface area contributed by atoms with Gasteiger partial charge in [-0.2, -0.15) is 0 Å². The molecule has 2 N–H and O–H groups in total. The molecule has 0 saturated carbocycles. The molecule has 3 aliphatic rings. The zero-order valence-electron chi connectivity index (χ0n) is 27.2. The molecule has 10 nitrogen and oxygen atoms in total. The first-order valence-electron chi connectivity index (χ1n) is 16.4. The molecule has 3 heterocycles. The number of ether oxygens (including phenoxy) is 2. The highest BCUT2D eigenvalue weighted by atomic mass is 16.6. The molecule has 0 aromatic heterocycles. The number of carbonyl (C=O) groups excluding carboxylic acids is 4. The van der Waals surface area contributed by atoms with Crippen molar-refractivity contribution in [1.82, 2.24) is 10.2 Å². The minimum atomic E-state index is -1.23. The van der Waals surface area contributed by atoms with E-state index in [0.29, 0.717) is 30.5 Å². The molecular formula is C37H45N3O7. The summed E-state index contributed by atoms with van der Waals surface area (Å²) in [7, 11) is 0. The Morgan fingerprint density at radius 2 is 1.94 bits per heavy atom. The Labute approximate surface area is 276 Å². The van der Waals surface area contributed by atoms with E-state index in [-0.39, 0.29) is 56.8 Å². The Hall–Kier alpha value is -4.28. The number of hydrogen-bond acceptors (Lipinski definition) is 7. The molecule has 47 heavy (non-hydrogen) atoms. The molecule has 0 unspecified atom stereocenters. The number of nitrogens with one attached hydrogen (secondary N) is 1. The number of fused-ring (bicyclic) bond motifs is 1. The first kappa shape index (κ1) is 34.1. The van der Waals surface area contributed by atoms with E-state index in [1.165, 1.54) is 4.90 Å². The van der Waals surface area contributed by atoms with Crippen molar-refractivity contribution in [2.24, 2.45) is 11.8 Å². The van der Waals surface area contributed by atoms with Crippen molar-refractivity contribution in [2.45, 2.75) is 69.8 Å². The average Bonchev–Trinajstić information content (AvgIpc) is 3.72. The number of aliphatic hydroxyl groups is 1. The van der Waals surface area contributed by atoms with Crippen LogP contribution in [0.3, 0.4) is 0 Å². The van der Waals surface area contributed by atoms with Crippen LogP contribution in [-0.4, -0.2) is 77.7 Å². The summed E-state index contributed by atoms with van der Waals surface area (Å²) in [5.74, 6) is -3.31. The highest BCUT2D eigenvalue weighted by Crippen LogP contribution is 2.59. The van der Waals surface area contributed by atoms with Gasteiger partial charge in [0.15, 0.2) is 0 Å². The number of carbonyl (C=O) groups is 4. The van der Waals surface area contributed by atoms with E-state index in [1.807, 2.05) is 62.4 Å². The highest BCUT2D eigenvalue weighted by molar-refractivity contribution is 6.05. The van der Waals surface area contributed by atoms with Crippen molar-refractivity contribution >= 4 is 29.4 Å². The summed E-state index contributed by atoms with van der Waals surface area (Å²) in [6.45, 7) is 11.7. The summed E-state index contributed by atoms with van der Waals surface area (Å²) >= 11 is 0. The van der Waals surface area contributed by atoms with Gasteiger partial charge < -0.3 is 29.7 Å². The first-order valence-corrected chi connectivity index (χ1v) is 16.4. The SMILES string of the molecule is C=CCCC(=O)NC[C@@H](OC(=O)[C@@H]1[C@@H]2CC[C@]3(O2)[C@H](C(=O)N(CC=C)c2cc(C)ccc2C)N(CCCO)C(=O)[C@@H]13)c1ccccc1. The highest BCUT2D eigenvalue weighted by Gasteiger charge is 2.75. The van der Waals surface area contributed by atoms with E-state index in [9.17, 15) is 24.3 Å². The standard InChI is InChI=1S/C37H45N3O7/c1-5-7-14-30(42)38-23-29(26-12-9-8-10-13-26)46-36(45)31-28-17-18-37(47-28)32(31)34(43)40(20-11-21-41)33(37)35(44)39(19-6-2)27-22-24(3)15-16-25(27)4/h5-6,8-10,12-13,15-16,22,28-29,31-33,41H,1-2,7,11,14,17-21,23H2,3-4H3,(H,38,42)/t28-,29+,31+,32+,33-,37+/m0/s1. The maximum atomic E-state index is 14.7. The number of aryl methyl sites for hydroxylation is 2. The van der Waals surface area contributed by atoms with Gasteiger partial charge in [-0.25, -0.2) is 0 Å². The molecule has 3 saturated heterocycles. The molecule has 2 bridgehead atoms. The van der Waals surface area contributed by atoms with Crippen LogP contribution in [0.2, 0.25) is 0 Å². The van der Waals surface area contributed by atoms with Crippen molar-refractivity contribution < 1.29 is 33.8 Å². The predicted molar refractivity (Wildman–Crippen MR) is 177 cm³/mol. The van der Waals surface area contributed by atoms with Crippen molar-refractivity contribution in [3.05, 3.63) is 90.5 Å². The van der Waals surface area contributed by atoms with E-state index < -0.39 is 41.7 Å². The summed E-state index contributed by atoms with van der Waals surface area (Å²) < 4.78 is 12.7. The van der Waals surface area contributed by atoms with Gasteiger partial charge in [0.05, 0.1) is 24.5 Å². The van der Waals surface area contributed by atoms with Gasteiger partial charge in [-0.1, -0.05) is 54.6 Å². The third-order valence-electron chi connectivity index (χ3n) is 9.59. The van der Waals surface area contributed by atoms with Crippen LogP contribution in [0.25, 0.3) is 0 Å². The molecule has 2 aromatic rings. The van der Waals surface area contributed by atoms with Gasteiger partial charge in [0.25, 0.3) is 5.91 Å². The zero-order chi connectivity index (χ0) is 33.7. The molecule has 2 aromatic carbocycles. The number of likely N-dealkylation sites (tertiary alicyclic amines) is 1. The Balaban J connectivity index is 1.46. The number of esters is 1. The number of aliphatic hydroxyl groups excluding tert-OH is 1. The molecule has 0 radical (unpaired) electrons. The third-order valence-corrected chi connectivity index (χ3v) is 9.59. The quantitative estimate of drug-likeness (QED) is 0.223. The normalized spacial score (nSPS) is 24.8. The lowest BCUT2D eigenvalue weighted by Gasteiger charge is -2.37. The summed E-state index contributed by atoms with van der Waals surface area (Å²) in [6, 6.07) is 14.0. The van der Waals surface area contributed by atoms with Crippen LogP contribution in [0, 0.1) is 25.7 Å². The lowest BCUT2D eigenvalue weighted by atomic mass is 9.70. The van der Waals surface area contributed by atoms with Gasteiger partial charge in [-0.15, -0.1) is 13.2 Å². The van der Waals surface area contributed by atoms with Crippen molar-refractivity contribution in [3.63, 3.8) is 0 Å². The molecule has 0 aliphatic carbocycles. The fourth-order valence-electron chi connectivity index (χ4n) is 7.42. The van der Waals surface area contributed by atoms with Gasteiger partial charge in [-0.3, -0.25) is 19.2 Å². The molecule has 3 amide bonds. The van der Waals surface area contributed by atoms with Crippen molar-refractivity contribution in [3.8, 4) is 0 Å². The molecule has 3 fully saturated rings. The largest absolute Gasteiger partial charge is 0.455 e. The van der Waals surface area contributed by atoms with Crippen LogP contribution >= 0.6 is 0 Å². The van der Waals surface area contributed by atoms with Gasteiger partial charge in [0, 0.05) is 31.8 Å². The maximum Gasteiger partial charge on any atom is 0.313 e. The Morgan fingerprint density at radius 3 is 2.64 bits per heavy atom. The maximum absolute atomic E-state index is 14.7. The number of nitrogens with zero attached hydrogens (tertiary/aromatic N) is 2. The van der Waals surface area contributed by atoms with Crippen LogP contribution in [0.1, 0.15) is 54.9 Å². The minimum Gasteiger partial charge on any atom is -0.455 e. The van der Waals surface area contributed by atoms with Gasteiger partial charge >= 0.3 is 5.97 Å². The summed E-state index contributed by atoms with van der Waals surface area (Å²) in [5, 5.41) is 12.6. The molecule has 250 valence electrons. The Kier molecular flexibility index (Phi) is 10.6. The topological polar surface area (TPSA) is 125 Å². The number of amides is 3. The monoisotopic (exact) mass is 643 g/mol. The van der Waals surface area contributed by atoms with Crippen molar-refractivity contribution in [1.29, 1.82) is 0 Å². The number of benzene rings is 2. The van der Waals surface area contributed by atoms with Gasteiger partial charge in [0.2, 0.25) is 11.8 Å². The number of rotatable bonds is 15. The number of anilines is 1. The summed E-state index contributed by atoms with van der Waals surface area (Å²) in [6.07, 6.45) is 3.89. The Morgan fingerprint density at radius 1 is 1.17 bits per heavy atom. The third kappa shape index (κ3) is 6.62.